The Bertz CT molecular complexity index is 1080. The lowest BCUT2D eigenvalue weighted by molar-refractivity contribution is -0.143. The van der Waals surface area contributed by atoms with Gasteiger partial charge in [0.1, 0.15) is 0 Å². The number of aliphatic hydroxyl groups is 2. The molecule has 0 aromatic heterocycles. The molecule has 6 nitrogen and oxygen atoms in total. The quantitative estimate of drug-likeness (QED) is 0.0417. The molecular formula is C69H137NO5. The second kappa shape index (κ2) is 65.4. The summed E-state index contributed by atoms with van der Waals surface area (Å²) >= 11 is 0. The van der Waals surface area contributed by atoms with Crippen molar-refractivity contribution in [1.29, 1.82) is 0 Å². The molecule has 2 unspecified atom stereocenters. The van der Waals surface area contributed by atoms with Crippen molar-refractivity contribution in [2.75, 3.05) is 13.2 Å². The monoisotopic (exact) mass is 1060 g/mol. The van der Waals surface area contributed by atoms with Gasteiger partial charge in [-0.2, -0.15) is 0 Å². The van der Waals surface area contributed by atoms with Gasteiger partial charge in [0.05, 0.1) is 25.4 Å². The van der Waals surface area contributed by atoms with Crippen molar-refractivity contribution < 1.29 is 24.5 Å². The van der Waals surface area contributed by atoms with Gasteiger partial charge in [-0.1, -0.05) is 367 Å². The number of hydrogen-bond donors (Lipinski definition) is 3. The van der Waals surface area contributed by atoms with Crippen molar-refractivity contribution in [2.45, 2.75) is 418 Å². The van der Waals surface area contributed by atoms with Crippen LogP contribution in [0.5, 0.6) is 0 Å². The van der Waals surface area contributed by atoms with Crippen LogP contribution < -0.4 is 5.32 Å². The topological polar surface area (TPSA) is 95.9 Å². The molecule has 448 valence electrons. The van der Waals surface area contributed by atoms with Crippen LogP contribution in [-0.2, 0) is 14.3 Å². The summed E-state index contributed by atoms with van der Waals surface area (Å²) in [7, 11) is 0. The van der Waals surface area contributed by atoms with Gasteiger partial charge in [-0.25, -0.2) is 0 Å². The maximum Gasteiger partial charge on any atom is 0.305 e. The van der Waals surface area contributed by atoms with E-state index in [1.165, 1.54) is 334 Å². The average Bonchev–Trinajstić information content (AvgIpc) is 3.41. The minimum absolute atomic E-state index is 0.0187. The third-order valence-corrected chi connectivity index (χ3v) is 16.7. The Hall–Kier alpha value is -1.14. The van der Waals surface area contributed by atoms with Gasteiger partial charge in [0, 0.05) is 12.8 Å². The van der Waals surface area contributed by atoms with Crippen LogP contribution in [0.4, 0.5) is 0 Å². The zero-order valence-electron chi connectivity index (χ0n) is 51.3. The number of ether oxygens (including phenoxy) is 1. The average molecular weight is 1060 g/mol. The van der Waals surface area contributed by atoms with Crippen molar-refractivity contribution in [3.05, 3.63) is 0 Å². The van der Waals surface area contributed by atoms with Gasteiger partial charge in [-0.05, 0) is 25.7 Å². The predicted molar refractivity (Wildman–Crippen MR) is 329 cm³/mol. The Labute approximate surface area is 470 Å². The van der Waals surface area contributed by atoms with Crippen molar-refractivity contribution in [2.24, 2.45) is 0 Å². The molecular weight excluding hydrogens is 923 g/mol. The summed E-state index contributed by atoms with van der Waals surface area (Å²) in [5, 5.41) is 23.4. The van der Waals surface area contributed by atoms with Crippen molar-refractivity contribution in [1.82, 2.24) is 5.32 Å². The van der Waals surface area contributed by atoms with Crippen LogP contribution in [-0.4, -0.2) is 47.4 Å². The number of carbonyl (C=O) groups excluding carboxylic acids is 2. The Morgan fingerprint density at radius 1 is 0.320 bits per heavy atom. The lowest BCUT2D eigenvalue weighted by atomic mass is 10.0. The predicted octanol–water partition coefficient (Wildman–Crippen LogP) is 22.2. The highest BCUT2D eigenvalue weighted by Crippen LogP contribution is 2.19. The van der Waals surface area contributed by atoms with Crippen LogP contribution in [0, 0.1) is 0 Å². The van der Waals surface area contributed by atoms with Crippen LogP contribution in [0.1, 0.15) is 406 Å². The Morgan fingerprint density at radius 3 is 0.813 bits per heavy atom. The molecule has 0 heterocycles. The molecule has 0 saturated carbocycles. The Balaban J connectivity index is 3.35. The molecule has 0 fully saturated rings. The first kappa shape index (κ1) is 73.9. The SMILES string of the molecule is CCCCCCCCCCCCCCCCCCCCCC(O)C(CO)NC(=O)CCCCCCCCCCCCCCCCCCCCCCCCOC(=O)CCCCCCCCCCCCCCCCCCC. The molecule has 3 N–H and O–H groups in total. The fraction of sp³-hybridized carbons (Fsp3) is 0.971. The molecule has 75 heavy (non-hydrogen) atoms. The third-order valence-electron chi connectivity index (χ3n) is 16.7. The van der Waals surface area contributed by atoms with Crippen molar-refractivity contribution in [3.8, 4) is 0 Å². The summed E-state index contributed by atoms with van der Waals surface area (Å²) in [6, 6.07) is -0.541. The highest BCUT2D eigenvalue weighted by atomic mass is 16.5. The maximum atomic E-state index is 12.5. The highest BCUT2D eigenvalue weighted by molar-refractivity contribution is 5.76. The van der Waals surface area contributed by atoms with Crippen LogP contribution in [0.25, 0.3) is 0 Å². The van der Waals surface area contributed by atoms with Gasteiger partial charge in [0.2, 0.25) is 5.91 Å². The van der Waals surface area contributed by atoms with Crippen molar-refractivity contribution in [3.63, 3.8) is 0 Å². The molecule has 1 amide bonds. The zero-order valence-corrected chi connectivity index (χ0v) is 51.3. The standard InChI is InChI=1S/C69H137NO5/c1-3-5-7-9-11-13-15-17-19-21-26-30-33-37-41-45-49-53-57-61-67(72)66(65-71)70-68(73)62-58-54-50-46-42-38-34-31-27-24-22-23-25-28-32-36-40-44-48-52-56-60-64-75-69(74)63-59-55-51-47-43-39-35-29-20-18-16-14-12-10-8-6-4-2/h66-67,71-72H,3-65H2,1-2H3,(H,70,73). The highest BCUT2D eigenvalue weighted by Gasteiger charge is 2.20. The molecule has 0 aromatic rings. The summed E-state index contributed by atoms with van der Waals surface area (Å²) in [6.45, 7) is 5.00. The number of amides is 1. The Kier molecular flexibility index (Phi) is 64.4. The Morgan fingerprint density at radius 2 is 0.547 bits per heavy atom. The van der Waals surface area contributed by atoms with E-state index >= 15 is 0 Å². The molecule has 0 spiro atoms. The first-order chi connectivity index (χ1) is 37.0. The van der Waals surface area contributed by atoms with E-state index in [4.69, 9.17) is 4.74 Å². The number of rotatable bonds is 66. The van der Waals surface area contributed by atoms with E-state index in [0.29, 0.717) is 25.9 Å². The summed E-state index contributed by atoms with van der Waals surface area (Å²) in [5.41, 5.74) is 0. The molecule has 0 aromatic carbocycles. The minimum Gasteiger partial charge on any atom is -0.466 e. The number of aliphatic hydroxyl groups excluding tert-OH is 2. The summed E-state index contributed by atoms with van der Waals surface area (Å²) in [4.78, 5) is 24.6. The summed E-state index contributed by atoms with van der Waals surface area (Å²) < 4.78 is 5.51. The molecule has 0 aliphatic heterocycles. The van der Waals surface area contributed by atoms with E-state index in [9.17, 15) is 19.8 Å². The largest absolute Gasteiger partial charge is 0.466 e. The molecule has 0 saturated heterocycles. The smallest absolute Gasteiger partial charge is 0.305 e. The lowest BCUT2D eigenvalue weighted by Gasteiger charge is -2.22. The van der Waals surface area contributed by atoms with Gasteiger partial charge < -0.3 is 20.3 Å². The molecule has 0 aliphatic carbocycles. The van der Waals surface area contributed by atoms with Gasteiger partial charge in [0.25, 0.3) is 0 Å². The zero-order chi connectivity index (χ0) is 54.3. The van der Waals surface area contributed by atoms with Crippen LogP contribution in [0.2, 0.25) is 0 Å². The van der Waals surface area contributed by atoms with E-state index in [2.05, 4.69) is 19.2 Å². The molecule has 6 heteroatoms. The fourth-order valence-corrected chi connectivity index (χ4v) is 11.4. The molecule has 0 radical (unpaired) electrons. The van der Waals surface area contributed by atoms with Gasteiger partial charge in [-0.15, -0.1) is 0 Å². The van der Waals surface area contributed by atoms with E-state index in [1.807, 2.05) is 0 Å². The number of hydrogen-bond acceptors (Lipinski definition) is 5. The van der Waals surface area contributed by atoms with E-state index in [-0.39, 0.29) is 18.5 Å². The maximum absolute atomic E-state index is 12.5. The van der Waals surface area contributed by atoms with Crippen LogP contribution >= 0.6 is 0 Å². The number of esters is 1. The van der Waals surface area contributed by atoms with E-state index in [0.717, 1.165) is 38.5 Å². The fourth-order valence-electron chi connectivity index (χ4n) is 11.4. The lowest BCUT2D eigenvalue weighted by Crippen LogP contribution is -2.45. The molecule has 0 rings (SSSR count). The van der Waals surface area contributed by atoms with Crippen molar-refractivity contribution >= 4 is 11.9 Å². The number of carbonyl (C=O) groups is 2. The molecule has 2 atom stereocenters. The number of nitrogens with one attached hydrogen (secondary N) is 1. The van der Waals surface area contributed by atoms with Gasteiger partial charge in [-0.3, -0.25) is 9.59 Å². The van der Waals surface area contributed by atoms with E-state index in [1.54, 1.807) is 0 Å². The summed E-state index contributed by atoms with van der Waals surface area (Å²) in [6.07, 6.45) is 78.5. The molecule has 0 bridgehead atoms. The van der Waals surface area contributed by atoms with Crippen LogP contribution in [0.3, 0.4) is 0 Å². The van der Waals surface area contributed by atoms with Crippen LogP contribution in [0.15, 0.2) is 0 Å². The van der Waals surface area contributed by atoms with Gasteiger partial charge in [0.15, 0.2) is 0 Å². The van der Waals surface area contributed by atoms with E-state index < -0.39 is 12.1 Å². The summed E-state index contributed by atoms with van der Waals surface area (Å²) in [5.74, 6) is -0.0114. The number of unbranched alkanes of at least 4 members (excludes halogenated alkanes) is 55. The van der Waals surface area contributed by atoms with Gasteiger partial charge >= 0.3 is 5.97 Å². The minimum atomic E-state index is -0.664. The normalized spacial score (nSPS) is 12.4. The third kappa shape index (κ3) is 61.9. The second-order valence-corrected chi connectivity index (χ2v) is 24.2. The second-order valence-electron chi connectivity index (χ2n) is 24.2. The first-order valence-corrected chi connectivity index (χ1v) is 34.8. The first-order valence-electron chi connectivity index (χ1n) is 34.8. The molecule has 0 aliphatic rings.